The Hall–Kier alpha value is -2.47. The fourth-order valence-corrected chi connectivity index (χ4v) is 7.11. The quantitative estimate of drug-likeness (QED) is 0.494. The van der Waals surface area contributed by atoms with Gasteiger partial charge in [0.05, 0.1) is 19.3 Å². The van der Waals surface area contributed by atoms with Crippen molar-refractivity contribution in [2.24, 2.45) is 24.8 Å². The van der Waals surface area contributed by atoms with Crippen LogP contribution in [0.3, 0.4) is 0 Å². The maximum absolute atomic E-state index is 12.2. The maximum atomic E-state index is 12.2. The predicted octanol–water partition coefficient (Wildman–Crippen LogP) is 4.88. The number of hydrogen-bond donors (Lipinski definition) is 0. The van der Waals surface area contributed by atoms with Crippen molar-refractivity contribution < 1.29 is 14.3 Å². The first kappa shape index (κ1) is 22.0. The van der Waals surface area contributed by atoms with Crippen molar-refractivity contribution in [1.82, 2.24) is 9.47 Å². The van der Waals surface area contributed by atoms with Crippen molar-refractivity contribution in [1.29, 1.82) is 0 Å². The van der Waals surface area contributed by atoms with Crippen molar-refractivity contribution in [3.05, 3.63) is 71.4 Å². The minimum Gasteiger partial charge on any atom is -0.350 e. The molecule has 2 fully saturated rings. The zero-order valence-electron chi connectivity index (χ0n) is 20.1. The van der Waals surface area contributed by atoms with Crippen LogP contribution in [0.25, 0.3) is 10.9 Å². The molecule has 3 aliphatic heterocycles. The number of carbonyl (C=O) groups is 1. The van der Waals surface area contributed by atoms with E-state index in [2.05, 4.69) is 78.0 Å². The highest BCUT2D eigenvalue weighted by atomic mass is 16.7. The summed E-state index contributed by atoms with van der Waals surface area (Å²) in [5.41, 5.74) is 5.51. The fourth-order valence-electron chi connectivity index (χ4n) is 7.11. The molecule has 3 aliphatic rings. The Morgan fingerprint density at radius 2 is 1.79 bits per heavy atom. The maximum Gasteiger partial charge on any atom is 0.162 e. The summed E-state index contributed by atoms with van der Waals surface area (Å²) in [6.45, 7) is 4.31. The van der Waals surface area contributed by atoms with Crippen molar-refractivity contribution in [3.63, 3.8) is 0 Å². The van der Waals surface area contributed by atoms with E-state index in [1.165, 1.54) is 34.0 Å². The smallest absolute Gasteiger partial charge is 0.162 e. The molecule has 4 heterocycles. The third-order valence-corrected chi connectivity index (χ3v) is 8.62. The van der Waals surface area contributed by atoms with Gasteiger partial charge in [-0.3, -0.25) is 4.90 Å². The Kier molecular flexibility index (Phi) is 5.80. The first-order valence-electron chi connectivity index (χ1n) is 12.8. The highest BCUT2D eigenvalue weighted by molar-refractivity contribution is 5.86. The van der Waals surface area contributed by atoms with Gasteiger partial charge in [-0.2, -0.15) is 0 Å². The molecule has 0 N–H and O–H groups in total. The van der Waals surface area contributed by atoms with E-state index in [4.69, 9.17) is 9.47 Å². The summed E-state index contributed by atoms with van der Waals surface area (Å²) in [5, 5.41) is 1.36. The van der Waals surface area contributed by atoms with Gasteiger partial charge in [0, 0.05) is 48.1 Å². The topological polar surface area (TPSA) is 43.7 Å². The molecule has 0 radical (unpaired) electrons. The largest absolute Gasteiger partial charge is 0.350 e. The number of aromatic nitrogens is 1. The lowest BCUT2D eigenvalue weighted by atomic mass is 9.65. The van der Waals surface area contributed by atoms with Gasteiger partial charge < -0.3 is 18.8 Å². The Morgan fingerprint density at radius 3 is 2.53 bits per heavy atom. The average Bonchev–Trinajstić information content (AvgIpc) is 3.49. The lowest BCUT2D eigenvalue weighted by Gasteiger charge is -2.55. The van der Waals surface area contributed by atoms with Gasteiger partial charge in [-0.1, -0.05) is 55.5 Å². The van der Waals surface area contributed by atoms with Crippen molar-refractivity contribution in [2.45, 2.75) is 51.1 Å². The van der Waals surface area contributed by atoms with Gasteiger partial charge in [0.1, 0.15) is 6.29 Å². The first-order chi connectivity index (χ1) is 16.7. The van der Waals surface area contributed by atoms with E-state index in [0.717, 1.165) is 25.8 Å². The molecule has 3 aromatic rings. The Labute approximate surface area is 201 Å². The number of hydrogen-bond acceptors (Lipinski definition) is 4. The van der Waals surface area contributed by atoms with Gasteiger partial charge in [-0.05, 0) is 42.4 Å². The van der Waals surface area contributed by atoms with Crippen LogP contribution in [-0.2, 0) is 34.3 Å². The van der Waals surface area contributed by atoms with E-state index < -0.39 is 0 Å². The number of ether oxygens (including phenoxy) is 2. The number of carbonyl (C=O) groups excluding carboxylic acids is 1. The van der Waals surface area contributed by atoms with Crippen LogP contribution in [0.2, 0.25) is 0 Å². The highest BCUT2D eigenvalue weighted by Gasteiger charge is 2.53. The van der Waals surface area contributed by atoms with Gasteiger partial charge >= 0.3 is 0 Å². The monoisotopic (exact) mass is 458 g/mol. The molecule has 5 heteroatoms. The number of rotatable bonds is 6. The summed E-state index contributed by atoms with van der Waals surface area (Å²) in [6.07, 6.45) is 3.72. The average molecular weight is 459 g/mol. The molecule has 0 amide bonds. The Bertz CT molecular complexity index is 1170. The summed E-state index contributed by atoms with van der Waals surface area (Å²) in [4.78, 5) is 14.9. The third kappa shape index (κ3) is 3.44. The van der Waals surface area contributed by atoms with Crippen LogP contribution in [0.1, 0.15) is 42.6 Å². The van der Waals surface area contributed by atoms with Crippen LogP contribution in [0, 0.1) is 17.8 Å². The number of aldehydes is 1. The van der Waals surface area contributed by atoms with E-state index in [-0.39, 0.29) is 36.1 Å². The summed E-state index contributed by atoms with van der Waals surface area (Å²) in [6, 6.07) is 20.1. The summed E-state index contributed by atoms with van der Waals surface area (Å²) in [5.74, 6) is 0.446. The molecule has 0 spiro atoms. The van der Waals surface area contributed by atoms with E-state index in [9.17, 15) is 4.79 Å². The fraction of sp³-hybridized carbons (Fsp3) is 0.483. The standard InChI is InChI=1S/C29H34N2O3/c1-3-20(18-32)22-15-26-28-23(21-11-7-8-12-24(21)30(28)2)16-25(27(22)29-33-13-14-34-29)31(26)17-19-9-5-4-6-10-19/h4-12,18,20,22,25-27,29H,3,13-17H2,1-2H3/t20-,22+,25+,26+,27+/m0/s1. The van der Waals surface area contributed by atoms with E-state index in [1.807, 2.05) is 0 Å². The van der Waals surface area contributed by atoms with Crippen molar-refractivity contribution in [3.8, 4) is 0 Å². The molecule has 0 saturated carbocycles. The highest BCUT2D eigenvalue weighted by Crippen LogP contribution is 2.53. The zero-order chi connectivity index (χ0) is 23.2. The normalized spacial score (nSPS) is 28.2. The molecule has 6 rings (SSSR count). The second-order valence-corrected chi connectivity index (χ2v) is 10.2. The number of benzene rings is 2. The first-order valence-corrected chi connectivity index (χ1v) is 12.8. The van der Waals surface area contributed by atoms with Crippen LogP contribution in [-0.4, -0.2) is 41.3 Å². The molecule has 2 bridgehead atoms. The third-order valence-electron chi connectivity index (χ3n) is 8.62. The Morgan fingerprint density at radius 1 is 1.06 bits per heavy atom. The van der Waals surface area contributed by atoms with Crippen molar-refractivity contribution >= 4 is 17.2 Å². The van der Waals surface area contributed by atoms with Crippen LogP contribution >= 0.6 is 0 Å². The van der Waals surface area contributed by atoms with Crippen LogP contribution in [0.5, 0.6) is 0 Å². The molecular weight excluding hydrogens is 424 g/mol. The van der Waals surface area contributed by atoms with Gasteiger partial charge in [-0.15, -0.1) is 0 Å². The molecule has 2 saturated heterocycles. The van der Waals surface area contributed by atoms with E-state index in [1.54, 1.807) is 0 Å². The molecular formula is C29H34N2O3. The van der Waals surface area contributed by atoms with Crippen LogP contribution in [0.15, 0.2) is 54.6 Å². The predicted molar refractivity (Wildman–Crippen MR) is 132 cm³/mol. The lowest BCUT2D eigenvalue weighted by Crippen LogP contribution is -2.58. The molecule has 0 aliphatic carbocycles. The second kappa shape index (κ2) is 8.95. The van der Waals surface area contributed by atoms with Gasteiger partial charge in [0.2, 0.25) is 0 Å². The molecule has 5 nitrogen and oxygen atoms in total. The molecule has 1 aromatic heterocycles. The summed E-state index contributed by atoms with van der Waals surface area (Å²) >= 11 is 0. The molecule has 2 aromatic carbocycles. The summed E-state index contributed by atoms with van der Waals surface area (Å²) < 4.78 is 14.7. The second-order valence-electron chi connectivity index (χ2n) is 10.2. The SMILES string of the molecule is CC[C@@H](C=O)[C@H]1C[C@@H]2c3c(c4ccccc4n3C)C[C@H]([C@@H]1C1OCCO1)N2Cc1ccccc1. The van der Waals surface area contributed by atoms with Crippen molar-refractivity contribution in [2.75, 3.05) is 13.2 Å². The molecule has 5 atom stereocenters. The number of aryl methyl sites for hydroxylation is 1. The van der Waals surface area contributed by atoms with Crippen LogP contribution in [0.4, 0.5) is 0 Å². The number of para-hydroxylation sites is 1. The van der Waals surface area contributed by atoms with E-state index >= 15 is 0 Å². The van der Waals surface area contributed by atoms with Gasteiger partial charge in [0.15, 0.2) is 6.29 Å². The van der Waals surface area contributed by atoms with E-state index in [0.29, 0.717) is 13.2 Å². The van der Waals surface area contributed by atoms with Gasteiger partial charge in [-0.25, -0.2) is 0 Å². The van der Waals surface area contributed by atoms with Crippen LogP contribution < -0.4 is 0 Å². The lowest BCUT2D eigenvalue weighted by molar-refractivity contribution is -0.165. The number of fused-ring (bicyclic) bond motifs is 6. The number of piperidine rings is 1. The molecule has 0 unspecified atom stereocenters. The number of nitrogens with zero attached hydrogens (tertiary/aromatic N) is 2. The Balaban J connectivity index is 1.51. The zero-order valence-corrected chi connectivity index (χ0v) is 20.1. The molecule has 34 heavy (non-hydrogen) atoms. The van der Waals surface area contributed by atoms with Gasteiger partial charge in [0.25, 0.3) is 0 Å². The minimum absolute atomic E-state index is 0.0258. The molecule has 178 valence electrons. The summed E-state index contributed by atoms with van der Waals surface area (Å²) in [7, 11) is 2.21. The minimum atomic E-state index is -0.236.